The van der Waals surface area contributed by atoms with Gasteiger partial charge in [0.15, 0.2) is 12.0 Å². The van der Waals surface area contributed by atoms with Crippen molar-refractivity contribution < 1.29 is 14.0 Å². The molecule has 114 valence electrons. The summed E-state index contributed by atoms with van der Waals surface area (Å²) in [6.45, 7) is 1.97. The van der Waals surface area contributed by atoms with Gasteiger partial charge in [-0.25, -0.2) is 0 Å². The maximum atomic E-state index is 12.2. The molecule has 0 radical (unpaired) electrons. The van der Waals surface area contributed by atoms with Crippen molar-refractivity contribution in [2.75, 3.05) is 5.32 Å². The van der Waals surface area contributed by atoms with Gasteiger partial charge >= 0.3 is 0 Å². The van der Waals surface area contributed by atoms with Gasteiger partial charge in [0.2, 0.25) is 5.91 Å². The molecule has 1 heterocycles. The summed E-state index contributed by atoms with van der Waals surface area (Å²) in [5.41, 5.74) is 2.68. The summed E-state index contributed by atoms with van der Waals surface area (Å²) in [4.78, 5) is 23.0. The van der Waals surface area contributed by atoms with Crippen LogP contribution < -0.4 is 5.32 Å². The summed E-state index contributed by atoms with van der Waals surface area (Å²) < 4.78 is 5.48. The molecule has 1 saturated carbocycles. The van der Waals surface area contributed by atoms with Gasteiger partial charge in [0.25, 0.3) is 0 Å². The number of hydrogen-bond donors (Lipinski definition) is 1. The molecule has 0 bridgehead atoms. The Hall–Kier alpha value is -2.36. The number of amides is 1. The average Bonchev–Trinajstić information content (AvgIpc) is 3.20. The normalized spacial score (nSPS) is 15.0. The minimum absolute atomic E-state index is 0.0975. The van der Waals surface area contributed by atoms with Crippen molar-refractivity contribution in [1.82, 2.24) is 0 Å². The van der Waals surface area contributed by atoms with Crippen LogP contribution >= 0.6 is 0 Å². The summed E-state index contributed by atoms with van der Waals surface area (Å²) in [6.07, 6.45) is 4.91. The number of carbonyl (C=O) groups is 2. The number of carbonyl (C=O) groups excluding carboxylic acids is 2. The first-order valence-electron chi connectivity index (χ1n) is 7.64. The van der Waals surface area contributed by atoms with Crippen LogP contribution in [-0.4, -0.2) is 12.2 Å². The minimum Gasteiger partial charge on any atom is -0.453 e. The molecule has 0 spiro atoms. The topological polar surface area (TPSA) is 59.3 Å². The number of anilines is 1. The van der Waals surface area contributed by atoms with E-state index in [1.807, 2.05) is 25.1 Å². The second-order valence-corrected chi connectivity index (χ2v) is 5.82. The quantitative estimate of drug-likeness (QED) is 0.860. The van der Waals surface area contributed by atoms with Gasteiger partial charge < -0.3 is 9.73 Å². The maximum Gasteiger partial charge on any atom is 0.227 e. The molecule has 1 aromatic carbocycles. The predicted molar refractivity (Wildman–Crippen MR) is 84.9 cm³/mol. The Labute approximate surface area is 129 Å². The Morgan fingerprint density at radius 3 is 2.68 bits per heavy atom. The summed E-state index contributed by atoms with van der Waals surface area (Å²) in [5, 5.41) is 2.99. The number of rotatable bonds is 4. The highest BCUT2D eigenvalue weighted by Gasteiger charge is 2.22. The van der Waals surface area contributed by atoms with Crippen molar-refractivity contribution in [3.8, 4) is 11.3 Å². The van der Waals surface area contributed by atoms with Crippen LogP contribution in [0.5, 0.6) is 0 Å². The fourth-order valence-electron chi connectivity index (χ4n) is 2.96. The first kappa shape index (κ1) is 14.6. The van der Waals surface area contributed by atoms with Gasteiger partial charge in [-0.15, -0.1) is 0 Å². The molecule has 22 heavy (non-hydrogen) atoms. The van der Waals surface area contributed by atoms with Crippen molar-refractivity contribution in [3.63, 3.8) is 0 Å². The molecule has 0 saturated heterocycles. The molecule has 1 aromatic heterocycles. The average molecular weight is 297 g/mol. The molecule has 2 aromatic rings. The Balaban J connectivity index is 1.82. The smallest absolute Gasteiger partial charge is 0.227 e. The van der Waals surface area contributed by atoms with Crippen molar-refractivity contribution in [1.29, 1.82) is 0 Å². The highest BCUT2D eigenvalue weighted by molar-refractivity contribution is 5.93. The van der Waals surface area contributed by atoms with E-state index < -0.39 is 0 Å². The number of benzene rings is 1. The van der Waals surface area contributed by atoms with Crippen LogP contribution in [0.3, 0.4) is 0 Å². The molecule has 0 aliphatic heterocycles. The van der Waals surface area contributed by atoms with Crippen LogP contribution in [0.4, 0.5) is 5.69 Å². The van der Waals surface area contributed by atoms with Crippen LogP contribution in [0.1, 0.15) is 41.8 Å². The minimum atomic E-state index is 0.0975. The van der Waals surface area contributed by atoms with Crippen LogP contribution in [0.15, 0.2) is 34.7 Å². The fraction of sp³-hybridized carbons (Fsp3) is 0.333. The number of hydrogen-bond acceptors (Lipinski definition) is 3. The van der Waals surface area contributed by atoms with E-state index in [9.17, 15) is 9.59 Å². The molecule has 0 unspecified atom stereocenters. The molecule has 1 aliphatic carbocycles. The van der Waals surface area contributed by atoms with E-state index in [0.717, 1.165) is 42.5 Å². The van der Waals surface area contributed by atoms with E-state index in [1.165, 1.54) is 0 Å². The molecule has 3 rings (SSSR count). The molecule has 1 N–H and O–H groups in total. The number of nitrogens with one attached hydrogen (secondary N) is 1. The van der Waals surface area contributed by atoms with E-state index in [0.29, 0.717) is 17.8 Å². The zero-order valence-electron chi connectivity index (χ0n) is 12.6. The van der Waals surface area contributed by atoms with Gasteiger partial charge in [-0.1, -0.05) is 18.9 Å². The second kappa shape index (κ2) is 6.18. The highest BCUT2D eigenvalue weighted by atomic mass is 16.3. The third-order valence-corrected chi connectivity index (χ3v) is 4.24. The monoisotopic (exact) mass is 297 g/mol. The molecule has 1 aliphatic rings. The van der Waals surface area contributed by atoms with Crippen molar-refractivity contribution >= 4 is 17.9 Å². The third-order valence-electron chi connectivity index (χ3n) is 4.24. The summed E-state index contributed by atoms with van der Waals surface area (Å²) in [7, 11) is 0. The molecule has 4 heteroatoms. The zero-order chi connectivity index (χ0) is 15.5. The van der Waals surface area contributed by atoms with Crippen molar-refractivity contribution in [2.45, 2.75) is 32.6 Å². The van der Waals surface area contributed by atoms with Gasteiger partial charge in [0, 0.05) is 17.2 Å². The molecular weight excluding hydrogens is 278 g/mol. The van der Waals surface area contributed by atoms with Gasteiger partial charge in [-0.2, -0.15) is 0 Å². The van der Waals surface area contributed by atoms with Gasteiger partial charge in [-0.3, -0.25) is 9.59 Å². The molecule has 4 nitrogen and oxygen atoms in total. The van der Waals surface area contributed by atoms with Gasteiger partial charge in [0.1, 0.15) is 5.76 Å². The van der Waals surface area contributed by atoms with Crippen molar-refractivity contribution in [3.05, 3.63) is 41.7 Å². The lowest BCUT2D eigenvalue weighted by atomic mass is 10.0. The molecule has 0 atom stereocenters. The van der Waals surface area contributed by atoms with Gasteiger partial charge in [-0.05, 0) is 49.6 Å². The highest BCUT2D eigenvalue weighted by Crippen LogP contribution is 2.30. The molecular formula is C18H19NO3. The lowest BCUT2D eigenvalue weighted by Gasteiger charge is -2.12. The number of aldehydes is 1. The zero-order valence-corrected chi connectivity index (χ0v) is 12.6. The first-order valence-corrected chi connectivity index (χ1v) is 7.64. The SMILES string of the molecule is Cc1ccc(NC(=O)C2CCCC2)cc1-c1ccc(C=O)o1. The van der Waals surface area contributed by atoms with E-state index >= 15 is 0 Å². The van der Waals surface area contributed by atoms with Crippen LogP contribution in [0, 0.1) is 12.8 Å². The summed E-state index contributed by atoms with van der Waals surface area (Å²) in [5.74, 6) is 1.17. The van der Waals surface area contributed by atoms with E-state index in [4.69, 9.17) is 4.42 Å². The molecule has 1 fully saturated rings. The van der Waals surface area contributed by atoms with Crippen LogP contribution in [0.2, 0.25) is 0 Å². The Morgan fingerprint density at radius 2 is 2.00 bits per heavy atom. The molecule has 1 amide bonds. The van der Waals surface area contributed by atoms with Crippen molar-refractivity contribution in [2.24, 2.45) is 5.92 Å². The van der Waals surface area contributed by atoms with Crippen LogP contribution in [0.25, 0.3) is 11.3 Å². The standard InChI is InChI=1S/C18H19NO3/c1-12-6-7-14(19-18(21)13-4-2-3-5-13)10-16(12)17-9-8-15(11-20)22-17/h6-11,13H,2-5H2,1H3,(H,19,21). The first-order chi connectivity index (χ1) is 10.7. The Bertz CT molecular complexity index is 696. The maximum absolute atomic E-state index is 12.2. The van der Waals surface area contributed by atoms with E-state index in [-0.39, 0.29) is 11.8 Å². The Morgan fingerprint density at radius 1 is 1.23 bits per heavy atom. The Kier molecular flexibility index (Phi) is 4.09. The summed E-state index contributed by atoms with van der Waals surface area (Å²) in [6, 6.07) is 9.16. The predicted octanol–water partition coefficient (Wildman–Crippen LogP) is 4.20. The number of aryl methyl sites for hydroxylation is 1. The fourth-order valence-corrected chi connectivity index (χ4v) is 2.96. The lowest BCUT2D eigenvalue weighted by Crippen LogP contribution is -2.20. The lowest BCUT2D eigenvalue weighted by molar-refractivity contribution is -0.119. The van der Waals surface area contributed by atoms with E-state index in [2.05, 4.69) is 5.32 Å². The number of furan rings is 1. The van der Waals surface area contributed by atoms with Crippen LogP contribution in [-0.2, 0) is 4.79 Å². The third kappa shape index (κ3) is 2.96. The van der Waals surface area contributed by atoms with E-state index in [1.54, 1.807) is 12.1 Å². The summed E-state index contributed by atoms with van der Waals surface area (Å²) >= 11 is 0. The van der Waals surface area contributed by atoms with Gasteiger partial charge in [0.05, 0.1) is 0 Å². The second-order valence-electron chi connectivity index (χ2n) is 5.82. The largest absolute Gasteiger partial charge is 0.453 e.